The van der Waals surface area contributed by atoms with Gasteiger partial charge in [-0.1, -0.05) is 6.92 Å². The normalized spacial score (nSPS) is 16.4. The zero-order valence-corrected chi connectivity index (χ0v) is 12.7. The Morgan fingerprint density at radius 1 is 1.50 bits per heavy atom. The number of nitrogens with zero attached hydrogens (tertiary/aromatic N) is 1. The first-order valence-electron chi connectivity index (χ1n) is 6.24. The Bertz CT molecular complexity index is 518. The maximum Gasteiger partial charge on any atom is 0.244 e. The van der Waals surface area contributed by atoms with Crippen molar-refractivity contribution in [2.24, 2.45) is 0 Å². The Labute approximate surface area is 113 Å². The van der Waals surface area contributed by atoms with Gasteiger partial charge in [-0.2, -0.15) is 4.31 Å². The third-order valence-corrected chi connectivity index (χ3v) is 6.60. The van der Waals surface area contributed by atoms with Crippen LogP contribution in [0, 0.1) is 6.92 Å². The summed E-state index contributed by atoms with van der Waals surface area (Å²) in [7, 11) is -1.62. The van der Waals surface area contributed by atoms with Gasteiger partial charge in [0.2, 0.25) is 10.0 Å². The zero-order valence-electron chi connectivity index (χ0n) is 11.1. The first-order chi connectivity index (χ1) is 8.48. The van der Waals surface area contributed by atoms with E-state index in [4.69, 9.17) is 0 Å². The fourth-order valence-electron chi connectivity index (χ4n) is 1.97. The van der Waals surface area contributed by atoms with Crippen LogP contribution in [-0.4, -0.2) is 32.4 Å². The molecule has 0 amide bonds. The van der Waals surface area contributed by atoms with E-state index in [0.29, 0.717) is 11.4 Å². The van der Waals surface area contributed by atoms with Crippen molar-refractivity contribution in [3.63, 3.8) is 0 Å². The molecule has 2 rings (SSSR count). The van der Waals surface area contributed by atoms with Gasteiger partial charge in [-0.25, -0.2) is 8.42 Å². The molecule has 1 aliphatic rings. The average molecular weight is 288 g/mol. The van der Waals surface area contributed by atoms with E-state index in [1.807, 2.05) is 19.2 Å². The Morgan fingerprint density at radius 2 is 2.17 bits per heavy atom. The minimum Gasteiger partial charge on any atom is -0.312 e. The van der Waals surface area contributed by atoms with Crippen LogP contribution in [0.15, 0.2) is 10.3 Å². The minimum absolute atomic E-state index is 0.210. The fraction of sp³-hybridized carbons (Fsp3) is 0.667. The van der Waals surface area contributed by atoms with E-state index >= 15 is 0 Å². The van der Waals surface area contributed by atoms with Gasteiger partial charge in [-0.05, 0) is 37.3 Å². The highest BCUT2D eigenvalue weighted by Gasteiger charge is 2.37. The topological polar surface area (TPSA) is 49.4 Å². The Kier molecular flexibility index (Phi) is 4.11. The fourth-order valence-corrected chi connectivity index (χ4v) is 5.11. The van der Waals surface area contributed by atoms with Crippen LogP contribution in [0.5, 0.6) is 0 Å². The van der Waals surface area contributed by atoms with E-state index in [-0.39, 0.29) is 6.04 Å². The number of sulfonamides is 1. The summed E-state index contributed by atoms with van der Waals surface area (Å²) >= 11 is 1.52. The van der Waals surface area contributed by atoms with E-state index in [2.05, 4.69) is 5.32 Å². The lowest BCUT2D eigenvalue weighted by atomic mass is 10.3. The Morgan fingerprint density at radius 3 is 2.72 bits per heavy atom. The minimum atomic E-state index is -3.32. The van der Waals surface area contributed by atoms with Crippen LogP contribution in [-0.2, 0) is 16.6 Å². The van der Waals surface area contributed by atoms with Gasteiger partial charge in [0.1, 0.15) is 4.90 Å². The molecule has 1 N–H and O–H groups in total. The second-order valence-corrected chi connectivity index (χ2v) is 7.60. The largest absolute Gasteiger partial charge is 0.312 e. The first kappa shape index (κ1) is 14.0. The van der Waals surface area contributed by atoms with E-state index in [1.54, 1.807) is 7.05 Å². The molecule has 1 fully saturated rings. The van der Waals surface area contributed by atoms with Crippen LogP contribution in [0.2, 0.25) is 0 Å². The van der Waals surface area contributed by atoms with Gasteiger partial charge >= 0.3 is 0 Å². The number of hydrogen-bond acceptors (Lipinski definition) is 4. The summed E-state index contributed by atoms with van der Waals surface area (Å²) in [6.45, 7) is 5.36. The van der Waals surface area contributed by atoms with Gasteiger partial charge in [0.15, 0.2) is 0 Å². The van der Waals surface area contributed by atoms with Gasteiger partial charge in [-0.15, -0.1) is 11.3 Å². The predicted molar refractivity (Wildman–Crippen MR) is 74.4 cm³/mol. The second-order valence-electron chi connectivity index (χ2n) is 4.70. The van der Waals surface area contributed by atoms with Crippen molar-refractivity contribution in [1.29, 1.82) is 0 Å². The molecule has 1 aliphatic carbocycles. The summed E-state index contributed by atoms with van der Waals surface area (Å²) in [5.41, 5.74) is 0.861. The molecule has 1 aromatic heterocycles. The summed E-state index contributed by atoms with van der Waals surface area (Å²) in [4.78, 5) is 1.43. The molecule has 0 spiro atoms. The average Bonchev–Trinajstić information content (AvgIpc) is 3.09. The van der Waals surface area contributed by atoms with Crippen molar-refractivity contribution < 1.29 is 8.42 Å². The van der Waals surface area contributed by atoms with Crippen LogP contribution in [0.1, 0.15) is 30.2 Å². The lowest BCUT2D eigenvalue weighted by molar-refractivity contribution is 0.463. The number of aryl methyl sites for hydroxylation is 1. The molecule has 102 valence electrons. The van der Waals surface area contributed by atoms with Crippen LogP contribution in [0.4, 0.5) is 0 Å². The number of rotatable bonds is 6. The van der Waals surface area contributed by atoms with Gasteiger partial charge in [0, 0.05) is 24.5 Å². The van der Waals surface area contributed by atoms with Crippen molar-refractivity contribution in [1.82, 2.24) is 9.62 Å². The van der Waals surface area contributed by atoms with Crippen molar-refractivity contribution in [3.05, 3.63) is 15.8 Å². The summed E-state index contributed by atoms with van der Waals surface area (Å²) in [5.74, 6) is 0. The Balaban J connectivity index is 2.33. The molecule has 0 atom stereocenters. The summed E-state index contributed by atoms with van der Waals surface area (Å²) in [5, 5.41) is 5.13. The van der Waals surface area contributed by atoms with Gasteiger partial charge < -0.3 is 5.32 Å². The van der Waals surface area contributed by atoms with Crippen LogP contribution in [0.3, 0.4) is 0 Å². The molecule has 18 heavy (non-hydrogen) atoms. The van der Waals surface area contributed by atoms with Crippen LogP contribution in [0.25, 0.3) is 0 Å². The third-order valence-electron chi connectivity index (χ3n) is 3.22. The van der Waals surface area contributed by atoms with Crippen LogP contribution < -0.4 is 5.32 Å². The molecule has 1 heterocycles. The van der Waals surface area contributed by atoms with Crippen molar-refractivity contribution in [3.8, 4) is 0 Å². The molecular formula is C12H20N2O2S2. The van der Waals surface area contributed by atoms with Gasteiger partial charge in [0.05, 0.1) is 0 Å². The van der Waals surface area contributed by atoms with E-state index in [9.17, 15) is 8.42 Å². The first-order valence-corrected chi connectivity index (χ1v) is 8.56. The Hall–Kier alpha value is -0.430. The SMILES string of the molecule is CCNCc1scc(C)c1S(=O)(=O)N(C)C1CC1. The van der Waals surface area contributed by atoms with Gasteiger partial charge in [0.25, 0.3) is 0 Å². The monoisotopic (exact) mass is 288 g/mol. The number of hydrogen-bond donors (Lipinski definition) is 1. The predicted octanol–water partition coefficient (Wildman–Crippen LogP) is 1.95. The van der Waals surface area contributed by atoms with Crippen molar-refractivity contribution >= 4 is 21.4 Å². The molecule has 0 aliphatic heterocycles. The molecule has 1 saturated carbocycles. The highest BCUT2D eigenvalue weighted by molar-refractivity contribution is 7.89. The quantitative estimate of drug-likeness (QED) is 0.870. The molecule has 0 radical (unpaired) electrons. The molecule has 6 heteroatoms. The lowest BCUT2D eigenvalue weighted by Crippen LogP contribution is -2.30. The summed E-state index contributed by atoms with van der Waals surface area (Å²) < 4.78 is 26.7. The van der Waals surface area contributed by atoms with Gasteiger partial charge in [-0.3, -0.25) is 0 Å². The molecular weight excluding hydrogens is 268 g/mol. The van der Waals surface area contributed by atoms with Crippen molar-refractivity contribution in [2.45, 2.75) is 44.2 Å². The highest BCUT2D eigenvalue weighted by atomic mass is 32.2. The molecule has 1 aromatic rings. The van der Waals surface area contributed by atoms with Crippen LogP contribution >= 0.6 is 11.3 Å². The van der Waals surface area contributed by atoms with E-state index < -0.39 is 10.0 Å². The summed E-state index contributed by atoms with van der Waals surface area (Å²) in [6.07, 6.45) is 1.98. The molecule has 0 unspecified atom stereocenters. The molecule has 0 aromatic carbocycles. The van der Waals surface area contributed by atoms with Crippen molar-refractivity contribution in [2.75, 3.05) is 13.6 Å². The number of nitrogens with one attached hydrogen (secondary N) is 1. The second kappa shape index (κ2) is 5.28. The highest BCUT2D eigenvalue weighted by Crippen LogP contribution is 2.34. The maximum absolute atomic E-state index is 12.6. The smallest absolute Gasteiger partial charge is 0.244 e. The molecule has 4 nitrogen and oxygen atoms in total. The molecule has 0 bridgehead atoms. The standard InChI is InChI=1S/C12H20N2O2S2/c1-4-13-7-11-12(9(2)8-17-11)18(15,16)14(3)10-5-6-10/h8,10,13H,4-7H2,1-3H3. The maximum atomic E-state index is 12.6. The summed E-state index contributed by atoms with van der Waals surface area (Å²) in [6, 6.07) is 0.210. The number of thiophene rings is 1. The molecule has 0 saturated heterocycles. The lowest BCUT2D eigenvalue weighted by Gasteiger charge is -2.17. The van der Waals surface area contributed by atoms with E-state index in [0.717, 1.165) is 29.8 Å². The van der Waals surface area contributed by atoms with E-state index in [1.165, 1.54) is 15.6 Å². The zero-order chi connectivity index (χ0) is 13.3. The third kappa shape index (κ3) is 2.61.